The van der Waals surface area contributed by atoms with Crippen LogP contribution in [0.1, 0.15) is 72.1 Å². The second kappa shape index (κ2) is 4.49. The molecule has 4 aliphatic rings. The number of hydrogen-bond acceptors (Lipinski definition) is 1. The number of amides is 1. The molecule has 0 bridgehead atoms. The fraction of sp³-hybridized carbons (Fsp3) is 0.947. The van der Waals surface area contributed by atoms with Crippen LogP contribution in [-0.2, 0) is 4.79 Å². The van der Waals surface area contributed by atoms with Gasteiger partial charge in [0.2, 0.25) is 5.91 Å². The van der Waals surface area contributed by atoms with Crippen molar-refractivity contribution in [1.29, 1.82) is 0 Å². The standard InChI is InChI=1S/C19H31NO/c1-12-4-6-14-13-5-7-16-19(3,11-9-17(21)20-16)15(13)8-10-18(12,14)2/h12-16H,4-11H2,1-3H3,(H,20,21)/t12?,13?,14?,15?,16?,18-,19-/m1/s1. The summed E-state index contributed by atoms with van der Waals surface area (Å²) in [5.41, 5.74) is 0.992. The number of carbonyl (C=O) groups excluding carboxylic acids is 1. The number of carbonyl (C=O) groups is 1. The van der Waals surface area contributed by atoms with Crippen molar-refractivity contribution in [2.24, 2.45) is 34.5 Å². The van der Waals surface area contributed by atoms with E-state index in [2.05, 4.69) is 26.1 Å². The molecule has 3 aliphatic carbocycles. The molecular formula is C19H31NO. The molecule has 0 spiro atoms. The van der Waals surface area contributed by atoms with E-state index in [0.29, 0.717) is 22.8 Å². The smallest absolute Gasteiger partial charge is 0.220 e. The molecule has 4 rings (SSSR count). The van der Waals surface area contributed by atoms with Gasteiger partial charge in [0, 0.05) is 12.5 Å². The highest BCUT2D eigenvalue weighted by atomic mass is 16.1. The highest BCUT2D eigenvalue weighted by Gasteiger charge is 2.59. The lowest BCUT2D eigenvalue weighted by Gasteiger charge is -2.60. The van der Waals surface area contributed by atoms with Gasteiger partial charge in [0.05, 0.1) is 0 Å². The van der Waals surface area contributed by atoms with Crippen LogP contribution in [0.5, 0.6) is 0 Å². The van der Waals surface area contributed by atoms with Gasteiger partial charge in [-0.1, -0.05) is 20.8 Å². The third kappa shape index (κ3) is 1.80. The molecule has 0 aromatic rings. The van der Waals surface area contributed by atoms with Crippen LogP contribution in [0.25, 0.3) is 0 Å². The molecule has 2 heteroatoms. The second-order valence-corrected chi connectivity index (χ2v) is 9.10. The van der Waals surface area contributed by atoms with Gasteiger partial charge < -0.3 is 5.32 Å². The van der Waals surface area contributed by atoms with Gasteiger partial charge in [-0.15, -0.1) is 0 Å². The first kappa shape index (κ1) is 14.1. The molecule has 7 atom stereocenters. The van der Waals surface area contributed by atoms with Crippen LogP contribution in [0, 0.1) is 34.5 Å². The van der Waals surface area contributed by atoms with Gasteiger partial charge in [-0.05, 0) is 79.4 Å². The maximum Gasteiger partial charge on any atom is 0.220 e. The minimum Gasteiger partial charge on any atom is -0.353 e. The number of rotatable bonds is 0. The summed E-state index contributed by atoms with van der Waals surface area (Å²) in [6.07, 6.45) is 10.2. The van der Waals surface area contributed by atoms with E-state index in [1.54, 1.807) is 0 Å². The third-order valence-electron chi connectivity index (χ3n) is 8.57. The summed E-state index contributed by atoms with van der Waals surface area (Å²) in [5, 5.41) is 3.33. The quantitative estimate of drug-likeness (QED) is 0.713. The van der Waals surface area contributed by atoms with Gasteiger partial charge in [-0.3, -0.25) is 4.79 Å². The lowest BCUT2D eigenvalue weighted by Crippen LogP contribution is -2.60. The molecule has 2 nitrogen and oxygen atoms in total. The predicted molar refractivity (Wildman–Crippen MR) is 84.7 cm³/mol. The Bertz CT molecular complexity index is 460. The molecule has 118 valence electrons. The zero-order valence-electron chi connectivity index (χ0n) is 14.0. The lowest BCUT2D eigenvalue weighted by molar-refractivity contribution is -0.136. The molecule has 1 N–H and O–H groups in total. The summed E-state index contributed by atoms with van der Waals surface area (Å²) in [7, 11) is 0. The van der Waals surface area contributed by atoms with Crippen molar-refractivity contribution in [2.75, 3.05) is 0 Å². The maximum absolute atomic E-state index is 11.8. The summed E-state index contributed by atoms with van der Waals surface area (Å²) in [5.74, 6) is 3.97. The summed E-state index contributed by atoms with van der Waals surface area (Å²) in [6, 6.07) is 0.461. The molecule has 0 aromatic carbocycles. The van der Waals surface area contributed by atoms with Crippen LogP contribution in [0.15, 0.2) is 0 Å². The van der Waals surface area contributed by atoms with Crippen molar-refractivity contribution >= 4 is 5.91 Å². The van der Waals surface area contributed by atoms with E-state index in [1.807, 2.05) is 0 Å². The normalized spacial score (nSPS) is 56.1. The Morgan fingerprint density at radius 2 is 1.71 bits per heavy atom. The zero-order chi connectivity index (χ0) is 14.8. The Morgan fingerprint density at radius 3 is 2.52 bits per heavy atom. The van der Waals surface area contributed by atoms with Crippen molar-refractivity contribution in [3.63, 3.8) is 0 Å². The fourth-order valence-electron chi connectivity index (χ4n) is 6.96. The molecule has 21 heavy (non-hydrogen) atoms. The molecule has 1 aliphatic heterocycles. The first-order chi connectivity index (χ1) is 9.95. The van der Waals surface area contributed by atoms with Crippen LogP contribution < -0.4 is 5.32 Å². The highest BCUT2D eigenvalue weighted by Crippen LogP contribution is 2.65. The summed E-state index contributed by atoms with van der Waals surface area (Å²) < 4.78 is 0. The Labute approximate surface area is 129 Å². The lowest BCUT2D eigenvalue weighted by atomic mass is 9.47. The Hall–Kier alpha value is -0.530. The fourth-order valence-corrected chi connectivity index (χ4v) is 6.96. The van der Waals surface area contributed by atoms with E-state index in [9.17, 15) is 4.79 Å². The van der Waals surface area contributed by atoms with Crippen molar-refractivity contribution in [2.45, 2.75) is 78.2 Å². The topological polar surface area (TPSA) is 29.1 Å². The van der Waals surface area contributed by atoms with Gasteiger partial charge in [-0.25, -0.2) is 0 Å². The summed E-state index contributed by atoms with van der Waals surface area (Å²) in [4.78, 5) is 11.8. The molecule has 0 aromatic heterocycles. The van der Waals surface area contributed by atoms with Gasteiger partial charge in [0.25, 0.3) is 0 Å². The number of hydrogen-bond donors (Lipinski definition) is 1. The number of piperidine rings is 1. The van der Waals surface area contributed by atoms with Crippen molar-refractivity contribution in [3.05, 3.63) is 0 Å². The molecule has 5 unspecified atom stereocenters. The SMILES string of the molecule is CC1CCC2C3CCC4NC(=O)CC[C@]4(C)C3CC[C@]12C. The van der Waals surface area contributed by atoms with E-state index in [-0.39, 0.29) is 0 Å². The molecule has 1 amide bonds. The molecule has 4 fully saturated rings. The van der Waals surface area contributed by atoms with Crippen molar-refractivity contribution in [1.82, 2.24) is 5.32 Å². The average Bonchev–Trinajstić information content (AvgIpc) is 2.76. The van der Waals surface area contributed by atoms with Crippen LogP contribution >= 0.6 is 0 Å². The Kier molecular flexibility index (Phi) is 3.01. The summed E-state index contributed by atoms with van der Waals surface area (Å²) in [6.45, 7) is 7.58. The van der Waals surface area contributed by atoms with Gasteiger partial charge >= 0.3 is 0 Å². The van der Waals surface area contributed by atoms with E-state index < -0.39 is 0 Å². The Morgan fingerprint density at radius 1 is 0.952 bits per heavy atom. The first-order valence-corrected chi connectivity index (χ1v) is 9.24. The Balaban J connectivity index is 1.64. The van der Waals surface area contributed by atoms with Gasteiger partial charge in [0.1, 0.15) is 0 Å². The van der Waals surface area contributed by atoms with Crippen LogP contribution in [-0.4, -0.2) is 11.9 Å². The highest BCUT2D eigenvalue weighted by molar-refractivity contribution is 5.77. The van der Waals surface area contributed by atoms with E-state index >= 15 is 0 Å². The third-order valence-corrected chi connectivity index (χ3v) is 8.57. The van der Waals surface area contributed by atoms with Crippen LogP contribution in [0.2, 0.25) is 0 Å². The molecule has 0 radical (unpaired) electrons. The first-order valence-electron chi connectivity index (χ1n) is 9.24. The van der Waals surface area contributed by atoms with E-state index in [0.717, 1.165) is 36.5 Å². The molecular weight excluding hydrogens is 258 g/mol. The van der Waals surface area contributed by atoms with Crippen molar-refractivity contribution < 1.29 is 4.79 Å². The minimum atomic E-state index is 0.297. The van der Waals surface area contributed by atoms with Crippen molar-refractivity contribution in [3.8, 4) is 0 Å². The monoisotopic (exact) mass is 289 g/mol. The molecule has 1 heterocycles. The number of fused-ring (bicyclic) bond motifs is 5. The van der Waals surface area contributed by atoms with E-state index in [1.165, 1.54) is 38.5 Å². The van der Waals surface area contributed by atoms with Gasteiger partial charge in [-0.2, -0.15) is 0 Å². The second-order valence-electron chi connectivity index (χ2n) is 9.10. The van der Waals surface area contributed by atoms with Crippen LogP contribution in [0.3, 0.4) is 0 Å². The average molecular weight is 289 g/mol. The van der Waals surface area contributed by atoms with Gasteiger partial charge in [0.15, 0.2) is 0 Å². The molecule has 1 saturated heterocycles. The molecule has 3 saturated carbocycles. The maximum atomic E-state index is 11.8. The summed E-state index contributed by atoms with van der Waals surface area (Å²) >= 11 is 0. The number of nitrogens with one attached hydrogen (secondary N) is 1. The zero-order valence-corrected chi connectivity index (χ0v) is 14.0. The minimum absolute atomic E-state index is 0.297. The predicted octanol–water partition coefficient (Wildman–Crippen LogP) is 4.14. The van der Waals surface area contributed by atoms with Crippen LogP contribution in [0.4, 0.5) is 0 Å². The largest absolute Gasteiger partial charge is 0.353 e. The van der Waals surface area contributed by atoms with E-state index in [4.69, 9.17) is 0 Å².